The van der Waals surface area contributed by atoms with E-state index in [1.807, 2.05) is 0 Å². The van der Waals surface area contributed by atoms with Crippen LogP contribution in [-0.2, 0) is 17.1 Å². The molecule has 1 saturated carbocycles. The van der Waals surface area contributed by atoms with Gasteiger partial charge in [0.05, 0.1) is 0 Å². The third-order valence-electron chi connectivity index (χ3n) is 4.01. The van der Waals surface area contributed by atoms with Gasteiger partial charge in [-0.3, -0.25) is 0 Å². The lowest BCUT2D eigenvalue weighted by molar-refractivity contribution is 0.437. The number of hydrogen-bond donors (Lipinski definition) is 0. The molecule has 2 aliphatic rings. The summed E-state index contributed by atoms with van der Waals surface area (Å²) in [5.41, 5.74) is 0. The Morgan fingerprint density at radius 3 is 2.39 bits per heavy atom. The van der Waals surface area contributed by atoms with E-state index in [0.29, 0.717) is 29.5 Å². The lowest BCUT2D eigenvalue weighted by atomic mass is 10.0. The number of hydrogen-bond acceptors (Lipinski definition) is 4. The lowest BCUT2D eigenvalue weighted by Gasteiger charge is -2.16. The van der Waals surface area contributed by atoms with Gasteiger partial charge in [-0.1, -0.05) is 11.6 Å². The summed E-state index contributed by atoms with van der Waals surface area (Å²) in [6.07, 6.45) is 3.54. The van der Waals surface area contributed by atoms with Crippen LogP contribution in [0.2, 0.25) is 0 Å². The van der Waals surface area contributed by atoms with Crippen molar-refractivity contribution >= 4 is 26.0 Å². The largest absolute Gasteiger partial charge is 0.263 e. The van der Waals surface area contributed by atoms with Crippen LogP contribution in [0.15, 0.2) is 9.63 Å². The van der Waals surface area contributed by atoms with Gasteiger partial charge in [0.15, 0.2) is 4.60 Å². The van der Waals surface area contributed by atoms with Crippen LogP contribution in [0.4, 0.5) is 0 Å². The van der Waals surface area contributed by atoms with Crippen molar-refractivity contribution in [2.75, 3.05) is 13.1 Å². The van der Waals surface area contributed by atoms with E-state index in [-0.39, 0.29) is 5.03 Å². The Hall–Kier alpha value is -0.470. The third-order valence-corrected chi connectivity index (χ3v) is 6.73. The van der Waals surface area contributed by atoms with Gasteiger partial charge in [0, 0.05) is 20.1 Å². The normalized spacial score (nSPS) is 28.8. The minimum atomic E-state index is -3.47. The summed E-state index contributed by atoms with van der Waals surface area (Å²) in [7, 11) is -1.88. The average molecular weight is 335 g/mol. The van der Waals surface area contributed by atoms with Crippen LogP contribution in [0.5, 0.6) is 0 Å². The molecule has 2 fully saturated rings. The first-order valence-electron chi connectivity index (χ1n) is 6.05. The third kappa shape index (κ3) is 1.81. The van der Waals surface area contributed by atoms with Gasteiger partial charge in [0.1, 0.15) is 0 Å². The topological polar surface area (TPSA) is 68.1 Å². The standard InChI is InChI=1S/C10H15BrN4O2S/c1-14-10(9(11)12-13-14)18(16,17)15-5-7-3-2-4-8(7)6-15/h7-8H,2-6H2,1H3. The average Bonchev–Trinajstić information content (AvgIpc) is 2.91. The molecular weight excluding hydrogens is 320 g/mol. The Morgan fingerprint density at radius 1 is 1.28 bits per heavy atom. The van der Waals surface area contributed by atoms with Crippen molar-refractivity contribution in [3.8, 4) is 0 Å². The first-order valence-corrected chi connectivity index (χ1v) is 8.29. The Labute approximate surface area is 115 Å². The van der Waals surface area contributed by atoms with Crippen LogP contribution in [0, 0.1) is 11.8 Å². The zero-order chi connectivity index (χ0) is 12.9. The molecule has 2 unspecified atom stereocenters. The summed E-state index contributed by atoms with van der Waals surface area (Å²) >= 11 is 3.16. The summed E-state index contributed by atoms with van der Waals surface area (Å²) < 4.78 is 28.3. The predicted octanol–water partition coefficient (Wildman–Crippen LogP) is 0.998. The van der Waals surface area contributed by atoms with E-state index in [4.69, 9.17) is 0 Å². The highest BCUT2D eigenvalue weighted by atomic mass is 79.9. The smallest absolute Gasteiger partial charge is 0.235 e. The molecule has 18 heavy (non-hydrogen) atoms. The second kappa shape index (κ2) is 4.28. The van der Waals surface area contributed by atoms with E-state index in [2.05, 4.69) is 26.2 Å². The highest BCUT2D eigenvalue weighted by molar-refractivity contribution is 9.10. The number of fused-ring (bicyclic) bond motifs is 1. The molecule has 1 aliphatic heterocycles. The van der Waals surface area contributed by atoms with Crippen LogP contribution >= 0.6 is 15.9 Å². The molecule has 1 saturated heterocycles. The van der Waals surface area contributed by atoms with Gasteiger partial charge in [-0.2, -0.15) is 4.31 Å². The molecule has 1 aromatic rings. The maximum Gasteiger partial charge on any atom is 0.263 e. The zero-order valence-corrected chi connectivity index (χ0v) is 12.5. The molecule has 1 aromatic heterocycles. The van der Waals surface area contributed by atoms with Crippen molar-refractivity contribution in [1.82, 2.24) is 19.3 Å². The fourth-order valence-electron chi connectivity index (χ4n) is 3.11. The molecule has 0 aromatic carbocycles. The first kappa shape index (κ1) is 12.6. The summed E-state index contributed by atoms with van der Waals surface area (Å²) in [6, 6.07) is 0. The molecule has 2 heterocycles. The monoisotopic (exact) mass is 334 g/mol. The van der Waals surface area contributed by atoms with Gasteiger partial charge in [0.2, 0.25) is 5.03 Å². The summed E-state index contributed by atoms with van der Waals surface area (Å²) in [5, 5.41) is 7.64. The van der Waals surface area contributed by atoms with Crippen LogP contribution in [0.1, 0.15) is 19.3 Å². The maximum absolute atomic E-state index is 12.6. The summed E-state index contributed by atoms with van der Waals surface area (Å²) in [4.78, 5) is 0. The SMILES string of the molecule is Cn1nnc(Br)c1S(=O)(=O)N1CC2CCCC2C1. The Balaban J connectivity index is 1.92. The van der Waals surface area contributed by atoms with E-state index in [0.717, 1.165) is 12.8 Å². The molecule has 0 amide bonds. The lowest BCUT2D eigenvalue weighted by Crippen LogP contribution is -2.31. The van der Waals surface area contributed by atoms with E-state index in [9.17, 15) is 8.42 Å². The Bertz CT molecular complexity index is 539. The molecule has 1 aliphatic carbocycles. The van der Waals surface area contributed by atoms with E-state index in [1.165, 1.54) is 11.1 Å². The van der Waals surface area contributed by atoms with Crippen molar-refractivity contribution in [3.63, 3.8) is 0 Å². The summed E-state index contributed by atoms with van der Waals surface area (Å²) in [5.74, 6) is 1.08. The van der Waals surface area contributed by atoms with E-state index < -0.39 is 10.0 Å². The zero-order valence-electron chi connectivity index (χ0n) is 10.1. The van der Waals surface area contributed by atoms with Gasteiger partial charge < -0.3 is 0 Å². The van der Waals surface area contributed by atoms with Gasteiger partial charge in [0.25, 0.3) is 10.0 Å². The molecule has 100 valence electrons. The Morgan fingerprint density at radius 2 is 1.89 bits per heavy atom. The molecule has 8 heteroatoms. The number of nitrogens with zero attached hydrogens (tertiary/aromatic N) is 4. The van der Waals surface area contributed by atoms with Crippen LogP contribution in [0.25, 0.3) is 0 Å². The minimum absolute atomic E-state index is 0.155. The van der Waals surface area contributed by atoms with Gasteiger partial charge in [-0.15, -0.1) is 5.10 Å². The number of aryl methyl sites for hydroxylation is 1. The number of halogens is 1. The van der Waals surface area contributed by atoms with Crippen molar-refractivity contribution in [2.45, 2.75) is 24.3 Å². The molecule has 0 radical (unpaired) electrons. The van der Waals surface area contributed by atoms with Crippen LogP contribution < -0.4 is 0 Å². The van der Waals surface area contributed by atoms with Gasteiger partial charge >= 0.3 is 0 Å². The number of sulfonamides is 1. The fraction of sp³-hybridized carbons (Fsp3) is 0.800. The van der Waals surface area contributed by atoms with Crippen LogP contribution in [0.3, 0.4) is 0 Å². The number of rotatable bonds is 2. The second-order valence-electron chi connectivity index (χ2n) is 5.08. The van der Waals surface area contributed by atoms with Crippen LogP contribution in [-0.4, -0.2) is 40.8 Å². The molecular formula is C10H15BrN4O2S. The van der Waals surface area contributed by atoms with E-state index >= 15 is 0 Å². The first-order chi connectivity index (χ1) is 8.50. The minimum Gasteiger partial charge on any atom is -0.235 e. The van der Waals surface area contributed by atoms with Crippen molar-refractivity contribution in [1.29, 1.82) is 0 Å². The van der Waals surface area contributed by atoms with Gasteiger partial charge in [-0.05, 0) is 40.6 Å². The fourth-order valence-corrected chi connectivity index (χ4v) is 5.69. The molecule has 0 spiro atoms. The molecule has 0 N–H and O–H groups in total. The molecule has 2 atom stereocenters. The van der Waals surface area contributed by atoms with E-state index in [1.54, 1.807) is 11.4 Å². The highest BCUT2D eigenvalue weighted by Gasteiger charge is 2.43. The van der Waals surface area contributed by atoms with Gasteiger partial charge in [-0.25, -0.2) is 13.1 Å². The molecule has 3 rings (SSSR count). The van der Waals surface area contributed by atoms with Crippen molar-refractivity contribution in [2.24, 2.45) is 18.9 Å². The number of aromatic nitrogens is 3. The molecule has 6 nitrogen and oxygen atoms in total. The van der Waals surface area contributed by atoms with Crippen molar-refractivity contribution in [3.05, 3.63) is 4.60 Å². The second-order valence-corrected chi connectivity index (χ2v) is 7.69. The maximum atomic E-state index is 12.6. The summed E-state index contributed by atoms with van der Waals surface area (Å²) in [6.45, 7) is 1.29. The van der Waals surface area contributed by atoms with Crippen molar-refractivity contribution < 1.29 is 8.42 Å². The predicted molar refractivity (Wildman–Crippen MR) is 68.3 cm³/mol. The highest BCUT2D eigenvalue weighted by Crippen LogP contribution is 2.40. The Kier molecular flexibility index (Phi) is 2.98. The molecule has 0 bridgehead atoms. The quantitative estimate of drug-likeness (QED) is 0.809.